The monoisotopic (exact) mass is 529 g/mol. The lowest BCUT2D eigenvalue weighted by Gasteiger charge is -2.22. The van der Waals surface area contributed by atoms with E-state index in [1.807, 2.05) is 0 Å². The highest BCUT2D eigenvalue weighted by molar-refractivity contribution is 5.27. The van der Waals surface area contributed by atoms with E-state index in [0.29, 0.717) is 12.1 Å². The molecular formula is C36H68N2. The standard InChI is InChI=1S/C36H68N2/c1-5-9-11-13-15-17-19-21-23-25-27-35(37-7-3)33-29-31-34(32-30-33)36(38-8-4)28-26-24-22-20-18-16-14-12-10-6-2/h29-32,35-38H,5-28H2,1-4H3. The summed E-state index contributed by atoms with van der Waals surface area (Å²) in [6.07, 6.45) is 30.7. The Kier molecular flexibility index (Phi) is 24.4. The van der Waals surface area contributed by atoms with Gasteiger partial charge in [0.1, 0.15) is 0 Å². The smallest absolute Gasteiger partial charge is 0.0320 e. The zero-order chi connectivity index (χ0) is 27.5. The van der Waals surface area contributed by atoms with E-state index >= 15 is 0 Å². The van der Waals surface area contributed by atoms with Crippen molar-refractivity contribution in [3.05, 3.63) is 35.4 Å². The van der Waals surface area contributed by atoms with Crippen LogP contribution in [0.5, 0.6) is 0 Å². The molecule has 0 radical (unpaired) electrons. The van der Waals surface area contributed by atoms with Crippen LogP contribution >= 0.6 is 0 Å². The molecule has 0 saturated carbocycles. The number of nitrogens with one attached hydrogen (secondary N) is 2. The van der Waals surface area contributed by atoms with Crippen molar-refractivity contribution in [3.8, 4) is 0 Å². The minimum Gasteiger partial charge on any atom is -0.310 e. The van der Waals surface area contributed by atoms with Gasteiger partial charge in [0.25, 0.3) is 0 Å². The minimum atomic E-state index is 0.502. The molecular weight excluding hydrogens is 460 g/mol. The molecule has 2 nitrogen and oxygen atoms in total. The molecule has 222 valence electrons. The predicted molar refractivity (Wildman–Crippen MR) is 172 cm³/mol. The fraction of sp³-hybridized carbons (Fsp3) is 0.833. The molecule has 0 fully saturated rings. The third kappa shape index (κ3) is 18.4. The van der Waals surface area contributed by atoms with Crippen molar-refractivity contribution in [1.82, 2.24) is 10.6 Å². The van der Waals surface area contributed by atoms with E-state index in [4.69, 9.17) is 0 Å². The van der Waals surface area contributed by atoms with E-state index in [-0.39, 0.29) is 0 Å². The van der Waals surface area contributed by atoms with E-state index in [2.05, 4.69) is 62.6 Å². The maximum absolute atomic E-state index is 3.76. The van der Waals surface area contributed by atoms with E-state index in [1.54, 1.807) is 0 Å². The second-order valence-electron chi connectivity index (χ2n) is 11.8. The summed E-state index contributed by atoms with van der Waals surface area (Å²) in [6.45, 7) is 11.2. The zero-order valence-corrected chi connectivity index (χ0v) is 26.4. The summed E-state index contributed by atoms with van der Waals surface area (Å²) in [7, 11) is 0. The first-order valence-corrected chi connectivity index (χ1v) is 17.3. The summed E-state index contributed by atoms with van der Waals surface area (Å²) in [6, 6.07) is 10.6. The lowest BCUT2D eigenvalue weighted by molar-refractivity contribution is 0.469. The fourth-order valence-electron chi connectivity index (χ4n) is 5.90. The molecule has 1 rings (SSSR count). The molecule has 0 aliphatic heterocycles. The Labute approximate surface area is 239 Å². The van der Waals surface area contributed by atoms with Crippen LogP contribution in [0.1, 0.15) is 192 Å². The maximum atomic E-state index is 3.76. The van der Waals surface area contributed by atoms with E-state index < -0.39 is 0 Å². The Bertz CT molecular complexity index is 543. The van der Waals surface area contributed by atoms with Gasteiger partial charge in [-0.25, -0.2) is 0 Å². The van der Waals surface area contributed by atoms with E-state index in [9.17, 15) is 0 Å². The summed E-state index contributed by atoms with van der Waals surface area (Å²) in [5, 5.41) is 7.52. The Hall–Kier alpha value is -0.860. The molecule has 1 aromatic carbocycles. The third-order valence-corrected chi connectivity index (χ3v) is 8.33. The maximum Gasteiger partial charge on any atom is 0.0320 e. The summed E-state index contributed by atoms with van der Waals surface area (Å²) in [5.74, 6) is 0. The molecule has 0 bridgehead atoms. The number of hydrogen-bond acceptors (Lipinski definition) is 2. The van der Waals surface area contributed by atoms with Crippen LogP contribution in [0.15, 0.2) is 24.3 Å². The van der Waals surface area contributed by atoms with Crippen molar-refractivity contribution < 1.29 is 0 Å². The highest BCUT2D eigenvalue weighted by atomic mass is 14.9. The third-order valence-electron chi connectivity index (χ3n) is 8.33. The van der Waals surface area contributed by atoms with Crippen LogP contribution in [0.25, 0.3) is 0 Å². The van der Waals surface area contributed by atoms with E-state index in [1.165, 1.54) is 152 Å². The van der Waals surface area contributed by atoms with Crippen LogP contribution in [0.4, 0.5) is 0 Å². The van der Waals surface area contributed by atoms with Gasteiger partial charge in [-0.2, -0.15) is 0 Å². The lowest BCUT2D eigenvalue weighted by Crippen LogP contribution is -2.22. The Morgan fingerprint density at radius 3 is 0.921 bits per heavy atom. The Balaban J connectivity index is 2.33. The zero-order valence-electron chi connectivity index (χ0n) is 26.4. The van der Waals surface area contributed by atoms with Crippen molar-refractivity contribution in [2.45, 2.75) is 181 Å². The first-order valence-electron chi connectivity index (χ1n) is 17.3. The van der Waals surface area contributed by atoms with Gasteiger partial charge >= 0.3 is 0 Å². The molecule has 2 atom stereocenters. The van der Waals surface area contributed by atoms with Gasteiger partial charge in [0, 0.05) is 12.1 Å². The van der Waals surface area contributed by atoms with Gasteiger partial charge in [-0.05, 0) is 37.1 Å². The van der Waals surface area contributed by atoms with Crippen molar-refractivity contribution in [2.24, 2.45) is 0 Å². The quantitative estimate of drug-likeness (QED) is 0.106. The largest absolute Gasteiger partial charge is 0.310 e. The molecule has 2 unspecified atom stereocenters. The van der Waals surface area contributed by atoms with Crippen molar-refractivity contribution in [1.29, 1.82) is 0 Å². The molecule has 2 heteroatoms. The summed E-state index contributed by atoms with van der Waals surface area (Å²) >= 11 is 0. The van der Waals surface area contributed by atoms with Crippen molar-refractivity contribution in [3.63, 3.8) is 0 Å². The molecule has 38 heavy (non-hydrogen) atoms. The Morgan fingerprint density at radius 2 is 0.658 bits per heavy atom. The fourth-order valence-corrected chi connectivity index (χ4v) is 5.90. The summed E-state index contributed by atoms with van der Waals surface area (Å²) in [5.41, 5.74) is 2.95. The van der Waals surface area contributed by atoms with Crippen molar-refractivity contribution in [2.75, 3.05) is 13.1 Å². The summed E-state index contributed by atoms with van der Waals surface area (Å²) in [4.78, 5) is 0. The number of benzene rings is 1. The van der Waals surface area contributed by atoms with Crippen LogP contribution in [0.2, 0.25) is 0 Å². The van der Waals surface area contributed by atoms with Gasteiger partial charge in [-0.1, -0.05) is 180 Å². The predicted octanol–water partition coefficient (Wildman–Crippen LogP) is 11.6. The molecule has 0 aromatic heterocycles. The molecule has 0 amide bonds. The SMILES string of the molecule is CCCCCCCCCCCCC(NCC)c1ccc(C(CCCCCCCCCCCC)NCC)cc1. The number of rotatable bonds is 28. The van der Waals surface area contributed by atoms with Crippen LogP contribution < -0.4 is 10.6 Å². The van der Waals surface area contributed by atoms with Gasteiger partial charge in [-0.3, -0.25) is 0 Å². The highest BCUT2D eigenvalue weighted by Crippen LogP contribution is 2.25. The van der Waals surface area contributed by atoms with Crippen molar-refractivity contribution >= 4 is 0 Å². The first kappa shape index (κ1) is 35.2. The van der Waals surface area contributed by atoms with Gasteiger partial charge in [-0.15, -0.1) is 0 Å². The van der Waals surface area contributed by atoms with Gasteiger partial charge in [0.05, 0.1) is 0 Å². The van der Waals surface area contributed by atoms with Crippen LogP contribution in [0, 0.1) is 0 Å². The van der Waals surface area contributed by atoms with E-state index in [0.717, 1.165) is 13.1 Å². The van der Waals surface area contributed by atoms with Gasteiger partial charge in [0.2, 0.25) is 0 Å². The molecule has 2 N–H and O–H groups in total. The van der Waals surface area contributed by atoms with Gasteiger partial charge < -0.3 is 10.6 Å². The topological polar surface area (TPSA) is 24.1 Å². The molecule has 0 aliphatic rings. The van der Waals surface area contributed by atoms with Gasteiger partial charge in [0.15, 0.2) is 0 Å². The molecule has 0 aliphatic carbocycles. The molecule has 0 spiro atoms. The normalized spacial score (nSPS) is 13.2. The molecule has 0 saturated heterocycles. The average Bonchev–Trinajstić information content (AvgIpc) is 2.94. The Morgan fingerprint density at radius 1 is 0.395 bits per heavy atom. The highest BCUT2D eigenvalue weighted by Gasteiger charge is 2.13. The van der Waals surface area contributed by atoms with Crippen LogP contribution in [0.3, 0.4) is 0 Å². The van der Waals surface area contributed by atoms with Crippen LogP contribution in [-0.2, 0) is 0 Å². The lowest BCUT2D eigenvalue weighted by atomic mass is 9.95. The second kappa shape index (κ2) is 26.4. The number of unbranched alkanes of at least 4 members (excludes halogenated alkanes) is 18. The first-order chi connectivity index (χ1) is 18.8. The number of hydrogen-bond donors (Lipinski definition) is 2. The average molecular weight is 529 g/mol. The summed E-state index contributed by atoms with van der Waals surface area (Å²) < 4.78 is 0. The molecule has 0 heterocycles. The minimum absolute atomic E-state index is 0.502. The molecule has 1 aromatic rings. The second-order valence-corrected chi connectivity index (χ2v) is 11.8. The van der Waals surface area contributed by atoms with Crippen LogP contribution in [-0.4, -0.2) is 13.1 Å².